The van der Waals surface area contributed by atoms with Crippen LogP contribution < -0.4 is 14.8 Å². The van der Waals surface area contributed by atoms with Gasteiger partial charge in [0.2, 0.25) is 0 Å². The lowest BCUT2D eigenvalue weighted by Gasteiger charge is -2.12. The summed E-state index contributed by atoms with van der Waals surface area (Å²) in [4.78, 5) is 30.5. The number of esters is 1. The summed E-state index contributed by atoms with van der Waals surface area (Å²) in [6.07, 6.45) is 1.34. The van der Waals surface area contributed by atoms with Gasteiger partial charge in [0.1, 0.15) is 29.5 Å². The van der Waals surface area contributed by atoms with Crippen LogP contribution in [0.25, 0.3) is 10.9 Å². The van der Waals surface area contributed by atoms with Crippen molar-refractivity contribution in [1.29, 1.82) is 0 Å². The fourth-order valence-electron chi connectivity index (χ4n) is 3.36. The van der Waals surface area contributed by atoms with E-state index in [1.165, 1.54) is 44.8 Å². The van der Waals surface area contributed by atoms with E-state index in [1.807, 2.05) is 0 Å². The van der Waals surface area contributed by atoms with E-state index in [4.69, 9.17) is 9.47 Å². The SMILES string of the molecule is COC(=O)Cc1cccc(Oc2ccc(Nc3ncnc4cc(OC)c([N+](=O)[O-])cc34)c(F)c2)c1. The quantitative estimate of drug-likeness (QED) is 0.213. The lowest BCUT2D eigenvalue weighted by molar-refractivity contribution is -0.385. The summed E-state index contributed by atoms with van der Waals surface area (Å²) in [6, 6.07) is 13.7. The normalized spacial score (nSPS) is 10.6. The van der Waals surface area contributed by atoms with Crippen LogP contribution >= 0.6 is 0 Å². The third-order valence-corrected chi connectivity index (χ3v) is 5.04. The Morgan fingerprint density at radius 3 is 2.60 bits per heavy atom. The first-order chi connectivity index (χ1) is 16.9. The van der Waals surface area contributed by atoms with Crippen LogP contribution in [0.5, 0.6) is 17.2 Å². The second-order valence-electron chi connectivity index (χ2n) is 7.29. The summed E-state index contributed by atoms with van der Waals surface area (Å²) in [7, 11) is 2.63. The molecule has 0 saturated heterocycles. The smallest absolute Gasteiger partial charge is 0.311 e. The monoisotopic (exact) mass is 478 g/mol. The number of nitrogens with one attached hydrogen (secondary N) is 1. The molecule has 0 aliphatic carbocycles. The number of ether oxygens (including phenoxy) is 3. The van der Waals surface area contributed by atoms with E-state index in [0.717, 1.165) is 0 Å². The summed E-state index contributed by atoms with van der Waals surface area (Å²) < 4.78 is 30.3. The molecule has 1 aromatic heterocycles. The van der Waals surface area contributed by atoms with Gasteiger partial charge in [-0.2, -0.15) is 0 Å². The molecule has 0 unspecified atom stereocenters. The number of fused-ring (bicyclic) bond motifs is 1. The predicted octanol–water partition coefficient (Wildman–Crippen LogP) is 4.94. The molecule has 178 valence electrons. The van der Waals surface area contributed by atoms with Crippen molar-refractivity contribution < 1.29 is 28.3 Å². The van der Waals surface area contributed by atoms with E-state index in [2.05, 4.69) is 20.0 Å². The number of carbonyl (C=O) groups is 1. The number of aromatic nitrogens is 2. The van der Waals surface area contributed by atoms with Crippen LogP contribution in [0.4, 0.5) is 21.6 Å². The van der Waals surface area contributed by atoms with E-state index in [-0.39, 0.29) is 41.1 Å². The minimum absolute atomic E-state index is 0.0514. The van der Waals surface area contributed by atoms with Crippen LogP contribution in [0.1, 0.15) is 5.56 Å². The fourth-order valence-corrected chi connectivity index (χ4v) is 3.36. The van der Waals surface area contributed by atoms with Gasteiger partial charge in [-0.1, -0.05) is 12.1 Å². The third kappa shape index (κ3) is 5.24. The Bertz CT molecular complexity index is 1430. The predicted molar refractivity (Wildman–Crippen MR) is 125 cm³/mol. The van der Waals surface area contributed by atoms with Crippen LogP contribution in [0.15, 0.2) is 60.9 Å². The fraction of sp³-hybridized carbons (Fsp3) is 0.125. The molecular formula is C24H19FN4O6. The van der Waals surface area contributed by atoms with Crippen molar-refractivity contribution in [2.45, 2.75) is 6.42 Å². The second kappa shape index (κ2) is 10.00. The molecule has 3 aromatic carbocycles. The maximum Gasteiger partial charge on any atom is 0.311 e. The van der Waals surface area contributed by atoms with Crippen molar-refractivity contribution in [1.82, 2.24) is 9.97 Å². The number of anilines is 2. The Labute approximate surface area is 198 Å². The number of benzene rings is 3. The van der Waals surface area contributed by atoms with Crippen LogP contribution in [-0.2, 0) is 16.0 Å². The van der Waals surface area contributed by atoms with Crippen molar-refractivity contribution >= 4 is 34.1 Å². The lowest BCUT2D eigenvalue weighted by atomic mass is 10.1. The molecule has 4 aromatic rings. The topological polar surface area (TPSA) is 126 Å². The number of hydrogen-bond acceptors (Lipinski definition) is 9. The first-order valence-corrected chi connectivity index (χ1v) is 10.2. The van der Waals surface area contributed by atoms with Crippen LogP contribution in [0, 0.1) is 15.9 Å². The number of rotatable bonds is 8. The largest absolute Gasteiger partial charge is 0.490 e. The van der Waals surface area contributed by atoms with Crippen LogP contribution in [-0.4, -0.2) is 35.1 Å². The molecule has 10 nitrogen and oxygen atoms in total. The van der Waals surface area contributed by atoms with Gasteiger partial charge in [0.25, 0.3) is 0 Å². The van der Waals surface area contributed by atoms with E-state index in [1.54, 1.807) is 30.3 Å². The average Bonchev–Trinajstić information content (AvgIpc) is 2.85. The molecule has 11 heteroatoms. The van der Waals surface area contributed by atoms with Gasteiger partial charge in [0.15, 0.2) is 5.75 Å². The van der Waals surface area contributed by atoms with Crippen molar-refractivity contribution in [3.63, 3.8) is 0 Å². The highest BCUT2D eigenvalue weighted by Gasteiger charge is 2.19. The molecule has 0 amide bonds. The van der Waals surface area contributed by atoms with Crippen LogP contribution in [0.2, 0.25) is 0 Å². The van der Waals surface area contributed by atoms with Crippen molar-refractivity contribution in [2.24, 2.45) is 0 Å². The molecule has 0 saturated carbocycles. The summed E-state index contributed by atoms with van der Waals surface area (Å²) in [5.41, 5.74) is 0.887. The first-order valence-electron chi connectivity index (χ1n) is 10.2. The maximum atomic E-state index is 14.9. The number of nitrogens with zero attached hydrogens (tertiary/aromatic N) is 3. The average molecular weight is 478 g/mol. The molecule has 0 radical (unpaired) electrons. The molecule has 0 bridgehead atoms. The van der Waals surface area contributed by atoms with Gasteiger partial charge in [0, 0.05) is 18.2 Å². The summed E-state index contributed by atoms with van der Waals surface area (Å²) in [5, 5.41) is 14.6. The zero-order valence-electron chi connectivity index (χ0n) is 18.6. The number of nitro benzene ring substituents is 1. The third-order valence-electron chi connectivity index (χ3n) is 5.04. The number of carbonyl (C=O) groups excluding carboxylic acids is 1. The molecule has 0 aliphatic rings. The standard InChI is InChI=1S/C24H19FN4O6/c1-33-22-12-20-17(11-21(22)29(31)32)24(27-13-26-20)28-19-7-6-16(10-18(19)25)35-15-5-3-4-14(8-15)9-23(30)34-2/h3-8,10-13H,9H2,1-2H3,(H,26,27,28). The highest BCUT2D eigenvalue weighted by Crippen LogP contribution is 2.35. The molecule has 1 N–H and O–H groups in total. The van der Waals surface area contributed by atoms with Gasteiger partial charge in [-0.3, -0.25) is 14.9 Å². The Kier molecular flexibility index (Phi) is 6.67. The molecule has 0 spiro atoms. The first kappa shape index (κ1) is 23.4. The lowest BCUT2D eigenvalue weighted by Crippen LogP contribution is -2.04. The molecule has 35 heavy (non-hydrogen) atoms. The highest BCUT2D eigenvalue weighted by molar-refractivity contribution is 5.93. The van der Waals surface area contributed by atoms with Crippen molar-refractivity contribution in [3.05, 3.63) is 82.4 Å². The summed E-state index contributed by atoms with van der Waals surface area (Å²) >= 11 is 0. The highest BCUT2D eigenvalue weighted by atomic mass is 19.1. The Morgan fingerprint density at radius 1 is 1.09 bits per heavy atom. The number of halogens is 1. The van der Waals surface area contributed by atoms with Crippen LogP contribution in [0.3, 0.4) is 0 Å². The van der Waals surface area contributed by atoms with Gasteiger partial charge < -0.3 is 19.5 Å². The number of nitro groups is 1. The van der Waals surface area contributed by atoms with E-state index < -0.39 is 10.7 Å². The Morgan fingerprint density at radius 2 is 1.89 bits per heavy atom. The summed E-state index contributed by atoms with van der Waals surface area (Å²) in [5.74, 6) is -0.127. The van der Waals surface area contributed by atoms with Crippen molar-refractivity contribution in [3.8, 4) is 17.2 Å². The Hall–Kier alpha value is -4.80. The van der Waals surface area contributed by atoms with Gasteiger partial charge in [-0.05, 0) is 29.8 Å². The van der Waals surface area contributed by atoms with Gasteiger partial charge in [-0.25, -0.2) is 14.4 Å². The molecule has 1 heterocycles. The van der Waals surface area contributed by atoms with Crippen molar-refractivity contribution in [2.75, 3.05) is 19.5 Å². The van der Waals surface area contributed by atoms with Gasteiger partial charge in [0.05, 0.1) is 42.2 Å². The zero-order chi connectivity index (χ0) is 24.9. The molecule has 4 rings (SSSR count). The second-order valence-corrected chi connectivity index (χ2v) is 7.29. The van der Waals surface area contributed by atoms with Gasteiger partial charge >= 0.3 is 11.7 Å². The minimum atomic E-state index is -0.636. The number of hydrogen-bond donors (Lipinski definition) is 1. The Balaban J connectivity index is 1.58. The summed E-state index contributed by atoms with van der Waals surface area (Å²) in [6.45, 7) is 0. The molecular weight excluding hydrogens is 459 g/mol. The molecule has 0 fully saturated rings. The van der Waals surface area contributed by atoms with E-state index in [0.29, 0.717) is 22.2 Å². The maximum absolute atomic E-state index is 14.9. The minimum Gasteiger partial charge on any atom is -0.490 e. The van der Waals surface area contributed by atoms with E-state index in [9.17, 15) is 19.3 Å². The zero-order valence-corrected chi connectivity index (χ0v) is 18.6. The van der Waals surface area contributed by atoms with E-state index >= 15 is 0 Å². The number of methoxy groups -OCH3 is 2. The molecule has 0 aliphatic heterocycles. The molecule has 0 atom stereocenters. The van der Waals surface area contributed by atoms with Gasteiger partial charge in [-0.15, -0.1) is 0 Å².